The molecule has 1 aliphatic rings. The molecule has 1 aromatic rings. The van der Waals surface area contributed by atoms with Gasteiger partial charge in [0, 0.05) is 11.0 Å². The molecule has 1 atom stereocenters. The van der Waals surface area contributed by atoms with Crippen LogP contribution in [0.15, 0.2) is 22.7 Å². The second kappa shape index (κ2) is 6.41. The molecule has 2 rings (SSSR count). The highest BCUT2D eigenvalue weighted by molar-refractivity contribution is 9.10. The van der Waals surface area contributed by atoms with Crippen LogP contribution in [0, 0.1) is 0 Å². The van der Waals surface area contributed by atoms with Crippen LogP contribution >= 0.6 is 15.9 Å². The number of halogens is 1. The van der Waals surface area contributed by atoms with Crippen LogP contribution in [0.3, 0.4) is 0 Å². The van der Waals surface area contributed by atoms with Gasteiger partial charge in [-0.05, 0) is 60.7 Å². The summed E-state index contributed by atoms with van der Waals surface area (Å²) in [6, 6.07) is 5.79. The highest BCUT2D eigenvalue weighted by atomic mass is 79.9. The zero-order chi connectivity index (χ0) is 16.5. The number of benzene rings is 1. The first-order valence-corrected chi connectivity index (χ1v) is 8.28. The molecule has 0 bridgehead atoms. The van der Waals surface area contributed by atoms with Crippen LogP contribution in [0.25, 0.3) is 0 Å². The van der Waals surface area contributed by atoms with Crippen molar-refractivity contribution in [1.29, 1.82) is 0 Å². The van der Waals surface area contributed by atoms with Gasteiger partial charge in [-0.15, -0.1) is 0 Å². The zero-order valence-electron chi connectivity index (χ0n) is 13.5. The molecule has 120 valence electrons. The molecule has 1 aliphatic heterocycles. The van der Waals surface area contributed by atoms with Crippen molar-refractivity contribution >= 4 is 27.8 Å². The summed E-state index contributed by atoms with van der Waals surface area (Å²) in [6.45, 7) is 8.12. The van der Waals surface area contributed by atoms with E-state index in [0.717, 1.165) is 16.5 Å². The third-order valence-corrected chi connectivity index (χ3v) is 4.31. The number of carbonyl (C=O) groups excluding carboxylic acids is 2. The Morgan fingerprint density at radius 1 is 1.41 bits per heavy atom. The molecular formula is C17H22BrNO3. The van der Waals surface area contributed by atoms with Gasteiger partial charge in [-0.25, -0.2) is 0 Å². The van der Waals surface area contributed by atoms with Crippen molar-refractivity contribution in [2.24, 2.45) is 0 Å². The predicted molar refractivity (Wildman–Crippen MR) is 88.9 cm³/mol. The molecule has 1 amide bonds. The minimum Gasteiger partial charge on any atom is -0.459 e. The van der Waals surface area contributed by atoms with Gasteiger partial charge in [0.2, 0.25) is 0 Å². The van der Waals surface area contributed by atoms with Crippen LogP contribution in [-0.4, -0.2) is 35.5 Å². The first-order valence-electron chi connectivity index (χ1n) is 7.48. The van der Waals surface area contributed by atoms with Crippen molar-refractivity contribution < 1.29 is 14.3 Å². The van der Waals surface area contributed by atoms with Crippen molar-refractivity contribution in [1.82, 2.24) is 4.90 Å². The fourth-order valence-electron chi connectivity index (χ4n) is 2.62. The third-order valence-electron chi connectivity index (χ3n) is 3.65. The van der Waals surface area contributed by atoms with Crippen LogP contribution in [0.4, 0.5) is 0 Å². The number of ether oxygens (including phenoxy) is 1. The molecule has 1 unspecified atom stereocenters. The monoisotopic (exact) mass is 367 g/mol. The summed E-state index contributed by atoms with van der Waals surface area (Å²) in [5.41, 5.74) is 1.15. The molecule has 0 N–H and O–H groups in total. The quantitative estimate of drug-likeness (QED) is 0.748. The highest BCUT2D eigenvalue weighted by Gasteiger charge is 2.30. The van der Waals surface area contributed by atoms with E-state index >= 15 is 0 Å². The van der Waals surface area contributed by atoms with Gasteiger partial charge in [0.25, 0.3) is 5.91 Å². The van der Waals surface area contributed by atoms with E-state index in [2.05, 4.69) is 22.9 Å². The minimum atomic E-state index is -0.544. The number of fused-ring (bicyclic) bond motifs is 1. The van der Waals surface area contributed by atoms with E-state index in [4.69, 9.17) is 4.74 Å². The normalized spacial score (nSPS) is 18.7. The van der Waals surface area contributed by atoms with Crippen molar-refractivity contribution in [3.05, 3.63) is 33.8 Å². The Bertz CT molecular complexity index is 592. The molecule has 1 aromatic carbocycles. The third kappa shape index (κ3) is 3.88. The minimum absolute atomic E-state index is 0.0103. The Morgan fingerprint density at radius 2 is 2.09 bits per heavy atom. The lowest BCUT2D eigenvalue weighted by atomic mass is 9.94. The van der Waals surface area contributed by atoms with Crippen molar-refractivity contribution in [3.8, 4) is 0 Å². The lowest BCUT2D eigenvalue weighted by molar-refractivity contribution is -0.155. The topological polar surface area (TPSA) is 46.6 Å². The van der Waals surface area contributed by atoms with E-state index in [9.17, 15) is 9.59 Å². The number of hydrogen-bond donors (Lipinski definition) is 0. The fourth-order valence-corrected chi connectivity index (χ4v) is 3.17. The SMILES string of the molecule is CC1CCN(CC(=O)OC(C)(C)C)C(=O)c2c(Br)cccc21. The Labute approximate surface area is 140 Å². The zero-order valence-corrected chi connectivity index (χ0v) is 15.1. The summed E-state index contributed by atoms with van der Waals surface area (Å²) in [5, 5.41) is 0. The van der Waals surface area contributed by atoms with Crippen molar-refractivity contribution in [3.63, 3.8) is 0 Å². The number of rotatable bonds is 2. The Kier molecular flexibility index (Phi) is 4.95. The smallest absolute Gasteiger partial charge is 0.326 e. The summed E-state index contributed by atoms with van der Waals surface area (Å²) in [7, 11) is 0. The molecule has 5 heteroatoms. The average Bonchev–Trinajstić information content (AvgIpc) is 2.50. The Morgan fingerprint density at radius 3 is 2.73 bits per heavy atom. The van der Waals surface area contributed by atoms with Crippen molar-refractivity contribution in [2.45, 2.75) is 45.6 Å². The van der Waals surface area contributed by atoms with Crippen LogP contribution in [0.1, 0.15) is 56.0 Å². The Hall–Kier alpha value is -1.36. The van der Waals surface area contributed by atoms with E-state index < -0.39 is 5.60 Å². The largest absolute Gasteiger partial charge is 0.459 e. The van der Waals surface area contributed by atoms with Gasteiger partial charge in [0.1, 0.15) is 12.1 Å². The van der Waals surface area contributed by atoms with Crippen LogP contribution in [-0.2, 0) is 9.53 Å². The average molecular weight is 368 g/mol. The summed E-state index contributed by atoms with van der Waals surface area (Å²) >= 11 is 3.46. The maximum atomic E-state index is 12.8. The van der Waals surface area contributed by atoms with E-state index in [-0.39, 0.29) is 24.3 Å². The predicted octanol–water partition coefficient (Wildman–Crippen LogP) is 3.74. The number of hydrogen-bond acceptors (Lipinski definition) is 3. The molecule has 0 radical (unpaired) electrons. The van der Waals surface area contributed by atoms with Gasteiger partial charge in [0.15, 0.2) is 0 Å². The van der Waals surface area contributed by atoms with E-state index in [1.54, 1.807) is 4.90 Å². The lowest BCUT2D eigenvalue weighted by Crippen LogP contribution is -2.38. The first kappa shape index (κ1) is 17.0. The maximum absolute atomic E-state index is 12.8. The van der Waals surface area contributed by atoms with Gasteiger partial charge in [-0.3, -0.25) is 9.59 Å². The van der Waals surface area contributed by atoms with Gasteiger partial charge < -0.3 is 9.64 Å². The molecule has 22 heavy (non-hydrogen) atoms. The lowest BCUT2D eigenvalue weighted by Gasteiger charge is -2.24. The summed E-state index contributed by atoms with van der Waals surface area (Å²) in [6.07, 6.45) is 0.831. The van der Waals surface area contributed by atoms with Crippen LogP contribution in [0.2, 0.25) is 0 Å². The molecule has 0 spiro atoms. The fraction of sp³-hybridized carbons (Fsp3) is 0.529. The second-order valence-electron chi connectivity index (χ2n) is 6.71. The molecule has 4 nitrogen and oxygen atoms in total. The molecule has 0 saturated carbocycles. The Balaban J connectivity index is 2.24. The number of carbonyl (C=O) groups is 2. The highest BCUT2D eigenvalue weighted by Crippen LogP contribution is 2.32. The van der Waals surface area contributed by atoms with Crippen molar-refractivity contribution in [2.75, 3.05) is 13.1 Å². The molecular weight excluding hydrogens is 346 g/mol. The van der Waals surface area contributed by atoms with Gasteiger partial charge in [-0.2, -0.15) is 0 Å². The van der Waals surface area contributed by atoms with Gasteiger partial charge in [-0.1, -0.05) is 19.1 Å². The van der Waals surface area contributed by atoms with Gasteiger partial charge >= 0.3 is 5.97 Å². The summed E-state index contributed by atoms with van der Waals surface area (Å²) in [4.78, 5) is 26.4. The summed E-state index contributed by atoms with van der Waals surface area (Å²) in [5.74, 6) is -0.207. The second-order valence-corrected chi connectivity index (χ2v) is 7.56. The number of amides is 1. The van der Waals surface area contributed by atoms with E-state index in [1.807, 2.05) is 39.0 Å². The first-order chi connectivity index (χ1) is 10.2. The van der Waals surface area contributed by atoms with Crippen LogP contribution < -0.4 is 0 Å². The van der Waals surface area contributed by atoms with E-state index in [1.165, 1.54) is 0 Å². The number of nitrogens with zero attached hydrogens (tertiary/aromatic N) is 1. The van der Waals surface area contributed by atoms with Gasteiger partial charge in [0.05, 0.1) is 5.56 Å². The maximum Gasteiger partial charge on any atom is 0.326 e. The standard InChI is InChI=1S/C17H22BrNO3/c1-11-8-9-19(10-14(20)22-17(2,3)4)16(21)15-12(11)6-5-7-13(15)18/h5-7,11H,8-10H2,1-4H3. The molecule has 0 fully saturated rings. The van der Waals surface area contributed by atoms with Crippen LogP contribution in [0.5, 0.6) is 0 Å². The molecule has 0 aromatic heterocycles. The molecule has 1 heterocycles. The molecule has 0 aliphatic carbocycles. The molecule has 0 saturated heterocycles. The van der Waals surface area contributed by atoms with E-state index in [0.29, 0.717) is 12.1 Å². The summed E-state index contributed by atoms with van der Waals surface area (Å²) < 4.78 is 6.11. The number of esters is 1.